The number of pyridine rings is 1. The van der Waals surface area contributed by atoms with Crippen LogP contribution < -0.4 is 15.5 Å². The normalized spacial score (nSPS) is 14.6. The third kappa shape index (κ3) is 2.97. The number of nitrogens with zero attached hydrogens (tertiary/aromatic N) is 6. The molecule has 10 nitrogen and oxygen atoms in total. The van der Waals surface area contributed by atoms with Crippen molar-refractivity contribution in [2.45, 2.75) is 6.92 Å². The van der Waals surface area contributed by atoms with Crippen LogP contribution in [-0.2, 0) is 7.05 Å². The summed E-state index contributed by atoms with van der Waals surface area (Å²) in [5, 5.41) is 15.5. The Kier molecular flexibility index (Phi) is 4.26. The number of nitro groups is 1. The summed E-state index contributed by atoms with van der Waals surface area (Å²) in [7, 11) is 1.70. The topological polar surface area (TPSA) is 123 Å². The highest BCUT2D eigenvalue weighted by Crippen LogP contribution is 2.32. The van der Waals surface area contributed by atoms with Crippen LogP contribution in [0.1, 0.15) is 16.1 Å². The monoisotopic (exact) mass is 345 g/mol. The highest BCUT2D eigenvalue weighted by molar-refractivity contribution is 5.97. The second-order valence-corrected chi connectivity index (χ2v) is 5.85. The molecule has 0 radical (unpaired) electrons. The molecule has 3 heterocycles. The molecule has 3 rings (SSSR count). The molecule has 1 amide bonds. The van der Waals surface area contributed by atoms with E-state index in [1.165, 1.54) is 0 Å². The molecule has 0 bridgehead atoms. The van der Waals surface area contributed by atoms with Gasteiger partial charge in [0.15, 0.2) is 0 Å². The molecular formula is C15H19N7O3. The summed E-state index contributed by atoms with van der Waals surface area (Å²) in [5.74, 6) is 0.520. The van der Waals surface area contributed by atoms with E-state index < -0.39 is 10.8 Å². The number of nitrogens with two attached hydrogens (primary N) is 1. The van der Waals surface area contributed by atoms with Gasteiger partial charge in [0.05, 0.1) is 10.5 Å². The van der Waals surface area contributed by atoms with E-state index in [2.05, 4.69) is 10.1 Å². The first-order valence-electron chi connectivity index (χ1n) is 7.83. The Bertz CT molecular complexity index is 825. The quantitative estimate of drug-likeness (QED) is 0.630. The van der Waals surface area contributed by atoms with Gasteiger partial charge in [-0.3, -0.25) is 14.9 Å². The molecule has 0 unspecified atom stereocenters. The van der Waals surface area contributed by atoms with Gasteiger partial charge in [-0.2, -0.15) is 5.10 Å². The van der Waals surface area contributed by atoms with Crippen molar-refractivity contribution in [3.63, 3.8) is 0 Å². The third-order valence-corrected chi connectivity index (χ3v) is 4.27. The fraction of sp³-hybridized carbons (Fsp3) is 0.400. The van der Waals surface area contributed by atoms with Gasteiger partial charge in [-0.25, -0.2) is 9.67 Å². The molecule has 0 atom stereocenters. The predicted octanol–water partition coefficient (Wildman–Crippen LogP) is 0.457. The number of rotatable bonds is 4. The van der Waals surface area contributed by atoms with E-state index in [9.17, 15) is 14.9 Å². The van der Waals surface area contributed by atoms with Gasteiger partial charge in [0.1, 0.15) is 11.5 Å². The van der Waals surface area contributed by atoms with Gasteiger partial charge >= 0.3 is 5.69 Å². The first kappa shape index (κ1) is 16.7. The average Bonchev–Trinajstić information content (AvgIpc) is 2.89. The number of hydrogen-bond donors (Lipinski definition) is 1. The van der Waals surface area contributed by atoms with Crippen molar-refractivity contribution in [3.8, 4) is 0 Å². The predicted molar refractivity (Wildman–Crippen MR) is 91.8 cm³/mol. The number of amides is 1. The fourth-order valence-corrected chi connectivity index (χ4v) is 3.17. The molecule has 1 fully saturated rings. The molecule has 2 N–H and O–H groups in total. The molecule has 0 aromatic carbocycles. The molecule has 2 aromatic rings. The lowest BCUT2D eigenvalue weighted by Gasteiger charge is -2.36. The maximum Gasteiger partial charge on any atom is 0.333 e. The van der Waals surface area contributed by atoms with E-state index in [0.29, 0.717) is 49.1 Å². The van der Waals surface area contributed by atoms with Crippen molar-refractivity contribution in [1.82, 2.24) is 14.8 Å². The van der Waals surface area contributed by atoms with Crippen LogP contribution in [0, 0.1) is 17.0 Å². The number of carbonyl (C=O) groups excluding carboxylic acids is 1. The van der Waals surface area contributed by atoms with E-state index >= 15 is 0 Å². The highest BCUT2D eigenvalue weighted by Gasteiger charge is 2.31. The zero-order chi connectivity index (χ0) is 18.1. The van der Waals surface area contributed by atoms with Crippen molar-refractivity contribution in [2.75, 3.05) is 36.0 Å². The van der Waals surface area contributed by atoms with Crippen molar-refractivity contribution in [1.29, 1.82) is 0 Å². The van der Waals surface area contributed by atoms with Crippen LogP contribution in [0.4, 0.5) is 17.3 Å². The maximum absolute atomic E-state index is 11.6. The maximum atomic E-state index is 11.6. The first-order valence-corrected chi connectivity index (χ1v) is 7.83. The minimum atomic E-state index is -0.525. The Morgan fingerprint density at radius 1 is 1.28 bits per heavy atom. The Morgan fingerprint density at radius 3 is 2.52 bits per heavy atom. The fourth-order valence-electron chi connectivity index (χ4n) is 3.17. The molecule has 1 aliphatic rings. The lowest BCUT2D eigenvalue weighted by Crippen LogP contribution is -2.48. The van der Waals surface area contributed by atoms with E-state index in [1.54, 1.807) is 37.0 Å². The lowest BCUT2D eigenvalue weighted by atomic mass is 10.2. The summed E-state index contributed by atoms with van der Waals surface area (Å²) in [6.45, 7) is 3.87. The number of carbonyl (C=O) groups is 1. The van der Waals surface area contributed by atoms with Gasteiger partial charge < -0.3 is 15.5 Å². The number of aryl methyl sites for hydroxylation is 2. The van der Waals surface area contributed by atoms with Gasteiger partial charge in [0, 0.05) is 39.4 Å². The molecule has 132 valence electrons. The summed E-state index contributed by atoms with van der Waals surface area (Å²) >= 11 is 0. The van der Waals surface area contributed by atoms with E-state index in [1.807, 2.05) is 9.80 Å². The molecule has 10 heteroatoms. The number of anilines is 2. The summed E-state index contributed by atoms with van der Waals surface area (Å²) in [6, 6.07) is 3.31. The first-order chi connectivity index (χ1) is 11.9. The van der Waals surface area contributed by atoms with Gasteiger partial charge in [0.25, 0.3) is 5.91 Å². The van der Waals surface area contributed by atoms with Gasteiger partial charge in [-0.1, -0.05) is 0 Å². The van der Waals surface area contributed by atoms with Crippen molar-refractivity contribution in [3.05, 3.63) is 39.7 Å². The minimum Gasteiger partial charge on any atom is -0.365 e. The number of aromatic nitrogens is 3. The van der Waals surface area contributed by atoms with Gasteiger partial charge in [0.2, 0.25) is 5.82 Å². The third-order valence-electron chi connectivity index (χ3n) is 4.27. The van der Waals surface area contributed by atoms with Crippen molar-refractivity contribution >= 4 is 23.2 Å². The number of hydrogen-bond acceptors (Lipinski definition) is 7. The van der Waals surface area contributed by atoms with Crippen LogP contribution in [-0.4, -0.2) is 51.8 Å². The zero-order valence-corrected chi connectivity index (χ0v) is 14.0. The highest BCUT2D eigenvalue weighted by atomic mass is 16.6. The van der Waals surface area contributed by atoms with Crippen LogP contribution in [0.3, 0.4) is 0 Å². The zero-order valence-electron chi connectivity index (χ0n) is 14.0. The summed E-state index contributed by atoms with van der Waals surface area (Å²) in [6.07, 6.45) is 1.61. The molecule has 1 aliphatic heterocycles. The Hall–Kier alpha value is -3.17. The standard InChI is InChI=1S/C15H19N7O3/c1-10-12(22(24)25)15(19(2)18-10)21-8-6-20(7-9-21)14-11(13(16)23)4-3-5-17-14/h3-5H,6-9H2,1-2H3,(H2,16,23). The van der Waals surface area contributed by atoms with Crippen LogP contribution in [0.15, 0.2) is 18.3 Å². The summed E-state index contributed by atoms with van der Waals surface area (Å²) in [4.78, 5) is 30.7. The van der Waals surface area contributed by atoms with Crippen LogP contribution >= 0.6 is 0 Å². The second-order valence-electron chi connectivity index (χ2n) is 5.85. The molecule has 0 aliphatic carbocycles. The van der Waals surface area contributed by atoms with E-state index in [4.69, 9.17) is 5.73 Å². The SMILES string of the molecule is Cc1nn(C)c(N2CCN(c3ncccc3C(N)=O)CC2)c1[N+](=O)[O-]. The smallest absolute Gasteiger partial charge is 0.333 e. The number of primary amides is 1. The lowest BCUT2D eigenvalue weighted by molar-refractivity contribution is -0.384. The van der Waals surface area contributed by atoms with E-state index in [0.717, 1.165) is 0 Å². The minimum absolute atomic E-state index is 0.0339. The molecule has 25 heavy (non-hydrogen) atoms. The van der Waals surface area contributed by atoms with E-state index in [-0.39, 0.29) is 5.69 Å². The molecular weight excluding hydrogens is 326 g/mol. The van der Waals surface area contributed by atoms with Crippen molar-refractivity contribution in [2.24, 2.45) is 12.8 Å². The second kappa shape index (κ2) is 6.38. The Labute approximate surface area is 144 Å². The largest absolute Gasteiger partial charge is 0.365 e. The van der Waals surface area contributed by atoms with Crippen LogP contribution in [0.5, 0.6) is 0 Å². The van der Waals surface area contributed by atoms with Crippen LogP contribution in [0.25, 0.3) is 0 Å². The molecule has 1 saturated heterocycles. The van der Waals surface area contributed by atoms with Crippen LogP contribution in [0.2, 0.25) is 0 Å². The molecule has 0 spiro atoms. The average molecular weight is 345 g/mol. The Balaban J connectivity index is 1.82. The van der Waals surface area contributed by atoms with Gasteiger partial charge in [-0.15, -0.1) is 0 Å². The summed E-state index contributed by atoms with van der Waals surface area (Å²) < 4.78 is 1.54. The van der Waals surface area contributed by atoms with Crippen molar-refractivity contribution < 1.29 is 9.72 Å². The molecule has 0 saturated carbocycles. The summed E-state index contributed by atoms with van der Waals surface area (Å²) in [5.41, 5.74) is 6.21. The number of piperazine rings is 1. The Morgan fingerprint density at radius 2 is 1.92 bits per heavy atom. The van der Waals surface area contributed by atoms with Gasteiger partial charge in [-0.05, 0) is 19.1 Å². The molecule has 2 aromatic heterocycles.